The zero-order valence-corrected chi connectivity index (χ0v) is 12.4. The summed E-state index contributed by atoms with van der Waals surface area (Å²) < 4.78 is 0. The largest absolute Gasteiger partial charge is 0.387 e. The maximum Gasteiger partial charge on any atom is 0.248 e. The van der Waals surface area contributed by atoms with E-state index in [0.717, 1.165) is 12.0 Å². The molecule has 1 aliphatic heterocycles. The average Bonchev–Trinajstić information content (AvgIpc) is 2.55. The predicted octanol–water partition coefficient (Wildman–Crippen LogP) is 0.455. The molecule has 1 heterocycles. The molecule has 0 radical (unpaired) electrons. The van der Waals surface area contributed by atoms with Crippen molar-refractivity contribution in [1.29, 1.82) is 0 Å². The molecule has 1 aromatic rings. The molecular formula is C16H22N2O3. The third-order valence-corrected chi connectivity index (χ3v) is 3.91. The Labute approximate surface area is 125 Å². The first-order valence-corrected chi connectivity index (χ1v) is 7.38. The van der Waals surface area contributed by atoms with E-state index in [-0.39, 0.29) is 11.8 Å². The fourth-order valence-electron chi connectivity index (χ4n) is 2.48. The molecular weight excluding hydrogens is 268 g/mol. The SMILES string of the molecule is CCc1ccc(CC(=O)N2CCN(C(=O)CO)CC2)cc1. The fraction of sp³-hybridized carbons (Fsp3) is 0.500. The number of carbonyl (C=O) groups is 2. The molecule has 0 saturated carbocycles. The summed E-state index contributed by atoms with van der Waals surface area (Å²) in [7, 11) is 0. The lowest BCUT2D eigenvalue weighted by molar-refractivity contribution is -0.140. The van der Waals surface area contributed by atoms with E-state index in [4.69, 9.17) is 5.11 Å². The van der Waals surface area contributed by atoms with Crippen LogP contribution in [0.5, 0.6) is 0 Å². The first-order valence-electron chi connectivity index (χ1n) is 7.38. The van der Waals surface area contributed by atoms with Gasteiger partial charge in [-0.1, -0.05) is 31.2 Å². The number of rotatable bonds is 4. The van der Waals surface area contributed by atoms with Gasteiger partial charge in [-0.3, -0.25) is 9.59 Å². The van der Waals surface area contributed by atoms with Gasteiger partial charge in [0.1, 0.15) is 6.61 Å². The van der Waals surface area contributed by atoms with Crippen LogP contribution >= 0.6 is 0 Å². The number of amides is 2. The highest BCUT2D eigenvalue weighted by atomic mass is 16.3. The van der Waals surface area contributed by atoms with Crippen LogP contribution in [-0.2, 0) is 22.4 Å². The Morgan fingerprint density at radius 3 is 1.90 bits per heavy atom. The number of piperazine rings is 1. The molecule has 2 amide bonds. The second-order valence-corrected chi connectivity index (χ2v) is 5.27. The first kappa shape index (κ1) is 15.5. The van der Waals surface area contributed by atoms with Gasteiger partial charge < -0.3 is 14.9 Å². The van der Waals surface area contributed by atoms with Crippen LogP contribution in [0.2, 0.25) is 0 Å². The molecule has 1 N–H and O–H groups in total. The third-order valence-electron chi connectivity index (χ3n) is 3.91. The van der Waals surface area contributed by atoms with Crippen LogP contribution in [-0.4, -0.2) is 59.5 Å². The maximum atomic E-state index is 12.2. The minimum absolute atomic E-state index is 0.0929. The van der Waals surface area contributed by atoms with Gasteiger partial charge in [-0.15, -0.1) is 0 Å². The van der Waals surface area contributed by atoms with Gasteiger partial charge >= 0.3 is 0 Å². The Morgan fingerprint density at radius 2 is 1.43 bits per heavy atom. The van der Waals surface area contributed by atoms with Crippen molar-refractivity contribution in [3.8, 4) is 0 Å². The summed E-state index contributed by atoms with van der Waals surface area (Å²) >= 11 is 0. The van der Waals surface area contributed by atoms with Crippen molar-refractivity contribution in [2.24, 2.45) is 0 Å². The lowest BCUT2D eigenvalue weighted by Gasteiger charge is -2.34. The number of hydrogen-bond donors (Lipinski definition) is 1. The van der Waals surface area contributed by atoms with Gasteiger partial charge in [-0.05, 0) is 17.5 Å². The molecule has 0 bridgehead atoms. The summed E-state index contributed by atoms with van der Waals surface area (Å²) in [6, 6.07) is 8.12. The number of carbonyl (C=O) groups excluding carboxylic acids is 2. The summed E-state index contributed by atoms with van der Waals surface area (Å²) in [6.45, 7) is 3.72. The van der Waals surface area contributed by atoms with Crippen molar-refractivity contribution in [3.63, 3.8) is 0 Å². The van der Waals surface area contributed by atoms with Crippen molar-refractivity contribution in [3.05, 3.63) is 35.4 Å². The lowest BCUT2D eigenvalue weighted by atomic mass is 10.1. The van der Waals surface area contributed by atoms with Crippen molar-refractivity contribution < 1.29 is 14.7 Å². The van der Waals surface area contributed by atoms with Gasteiger partial charge in [0.2, 0.25) is 11.8 Å². The molecule has 1 aliphatic rings. The molecule has 21 heavy (non-hydrogen) atoms. The molecule has 0 atom stereocenters. The predicted molar refractivity (Wildman–Crippen MR) is 79.8 cm³/mol. The summed E-state index contributed by atoms with van der Waals surface area (Å²) in [5, 5.41) is 8.83. The van der Waals surface area contributed by atoms with Gasteiger partial charge in [-0.2, -0.15) is 0 Å². The quantitative estimate of drug-likeness (QED) is 0.876. The molecule has 5 nitrogen and oxygen atoms in total. The Bertz CT molecular complexity index is 491. The molecule has 1 fully saturated rings. The molecule has 0 unspecified atom stereocenters. The molecule has 0 spiro atoms. The second-order valence-electron chi connectivity index (χ2n) is 5.27. The highest BCUT2D eigenvalue weighted by Crippen LogP contribution is 2.09. The maximum absolute atomic E-state index is 12.2. The monoisotopic (exact) mass is 290 g/mol. The Kier molecular flexibility index (Phi) is 5.33. The fourth-order valence-corrected chi connectivity index (χ4v) is 2.48. The van der Waals surface area contributed by atoms with Crippen molar-refractivity contribution in [1.82, 2.24) is 9.80 Å². The van der Waals surface area contributed by atoms with Gasteiger partial charge in [0.25, 0.3) is 0 Å². The number of benzene rings is 1. The highest BCUT2D eigenvalue weighted by molar-refractivity contribution is 5.80. The molecule has 0 aliphatic carbocycles. The highest BCUT2D eigenvalue weighted by Gasteiger charge is 2.23. The van der Waals surface area contributed by atoms with Crippen LogP contribution in [0.4, 0.5) is 0 Å². The standard InChI is InChI=1S/C16H22N2O3/c1-2-13-3-5-14(6-4-13)11-15(20)17-7-9-18(10-8-17)16(21)12-19/h3-6,19H,2,7-12H2,1H3. The van der Waals surface area contributed by atoms with Crippen molar-refractivity contribution in [2.75, 3.05) is 32.8 Å². The minimum Gasteiger partial charge on any atom is -0.387 e. The zero-order valence-electron chi connectivity index (χ0n) is 12.4. The van der Waals surface area contributed by atoms with Crippen LogP contribution in [0.15, 0.2) is 24.3 Å². The van der Waals surface area contributed by atoms with Gasteiger partial charge in [-0.25, -0.2) is 0 Å². The summed E-state index contributed by atoms with van der Waals surface area (Å²) in [6.07, 6.45) is 1.40. The first-order chi connectivity index (χ1) is 10.1. The van der Waals surface area contributed by atoms with Crippen molar-refractivity contribution in [2.45, 2.75) is 19.8 Å². The Morgan fingerprint density at radius 1 is 0.952 bits per heavy atom. The van der Waals surface area contributed by atoms with E-state index < -0.39 is 6.61 Å². The van der Waals surface area contributed by atoms with Gasteiger partial charge in [0.15, 0.2) is 0 Å². The Hall–Kier alpha value is -1.88. The average molecular weight is 290 g/mol. The van der Waals surface area contributed by atoms with Crippen LogP contribution in [0.1, 0.15) is 18.1 Å². The number of aliphatic hydroxyl groups excluding tert-OH is 1. The van der Waals surface area contributed by atoms with Crippen LogP contribution in [0.25, 0.3) is 0 Å². The normalized spacial score (nSPS) is 15.1. The Balaban J connectivity index is 1.85. The van der Waals surface area contributed by atoms with E-state index >= 15 is 0 Å². The van der Waals surface area contributed by atoms with Crippen LogP contribution < -0.4 is 0 Å². The number of aliphatic hydroxyl groups is 1. The summed E-state index contributed by atoms with van der Waals surface area (Å²) in [4.78, 5) is 27.0. The van der Waals surface area contributed by atoms with Gasteiger partial charge in [0.05, 0.1) is 6.42 Å². The molecule has 114 valence electrons. The zero-order chi connectivity index (χ0) is 15.2. The van der Waals surface area contributed by atoms with Crippen LogP contribution in [0.3, 0.4) is 0 Å². The molecule has 1 saturated heterocycles. The van der Waals surface area contributed by atoms with E-state index in [1.54, 1.807) is 9.80 Å². The second kappa shape index (κ2) is 7.22. The number of nitrogens with zero attached hydrogens (tertiary/aromatic N) is 2. The van der Waals surface area contributed by atoms with Gasteiger partial charge in [0, 0.05) is 26.2 Å². The molecule has 2 rings (SSSR count). The molecule has 1 aromatic carbocycles. The van der Waals surface area contributed by atoms with E-state index in [1.807, 2.05) is 12.1 Å². The topological polar surface area (TPSA) is 60.9 Å². The van der Waals surface area contributed by atoms with E-state index in [0.29, 0.717) is 32.6 Å². The summed E-state index contributed by atoms with van der Waals surface area (Å²) in [5.74, 6) is -0.174. The lowest BCUT2D eigenvalue weighted by Crippen LogP contribution is -2.51. The smallest absolute Gasteiger partial charge is 0.248 e. The third kappa shape index (κ3) is 4.04. The van der Waals surface area contributed by atoms with Crippen LogP contribution in [0, 0.1) is 0 Å². The summed E-state index contributed by atoms with van der Waals surface area (Å²) in [5.41, 5.74) is 2.29. The number of aryl methyl sites for hydroxylation is 1. The van der Waals surface area contributed by atoms with E-state index in [2.05, 4.69) is 19.1 Å². The molecule has 5 heteroatoms. The molecule has 0 aromatic heterocycles. The van der Waals surface area contributed by atoms with E-state index in [1.165, 1.54) is 5.56 Å². The van der Waals surface area contributed by atoms with Crippen molar-refractivity contribution >= 4 is 11.8 Å². The number of hydrogen-bond acceptors (Lipinski definition) is 3. The minimum atomic E-state index is -0.461. The van der Waals surface area contributed by atoms with E-state index in [9.17, 15) is 9.59 Å².